The molecular weight excluding hydrogens is 360 g/mol. The van der Waals surface area contributed by atoms with E-state index in [9.17, 15) is 4.79 Å². The molecule has 1 aliphatic heterocycles. The summed E-state index contributed by atoms with van der Waals surface area (Å²) in [5.41, 5.74) is 1.14. The Morgan fingerprint density at radius 3 is 2.89 bits per heavy atom. The molecule has 2 aromatic rings. The minimum Gasteiger partial charge on any atom is -0.497 e. The Hall–Kier alpha value is -2.15. The molecule has 27 heavy (non-hydrogen) atoms. The zero-order valence-electron chi connectivity index (χ0n) is 16.3. The third-order valence-corrected chi connectivity index (χ3v) is 5.91. The maximum atomic E-state index is 12.3. The van der Waals surface area contributed by atoms with Gasteiger partial charge in [0.1, 0.15) is 11.6 Å². The van der Waals surface area contributed by atoms with E-state index in [4.69, 9.17) is 9.72 Å². The molecule has 2 heterocycles. The summed E-state index contributed by atoms with van der Waals surface area (Å²) in [4.78, 5) is 19.3. The van der Waals surface area contributed by atoms with Crippen LogP contribution in [0.25, 0.3) is 0 Å². The fraction of sp³-hybridized carbons (Fsp3) is 0.550. The molecule has 0 radical (unpaired) electrons. The first-order valence-electron chi connectivity index (χ1n) is 9.60. The molecule has 1 fully saturated rings. The monoisotopic (exact) mass is 388 g/mol. The van der Waals surface area contributed by atoms with Crippen LogP contribution in [0.4, 0.5) is 5.13 Å². The number of hydrogen-bond acceptors (Lipinski definition) is 6. The minimum absolute atomic E-state index is 0.111. The van der Waals surface area contributed by atoms with Crippen molar-refractivity contribution in [3.05, 3.63) is 35.7 Å². The lowest BCUT2D eigenvalue weighted by Crippen LogP contribution is -2.43. The van der Waals surface area contributed by atoms with Crippen molar-refractivity contribution in [2.75, 3.05) is 25.1 Å². The summed E-state index contributed by atoms with van der Waals surface area (Å²) in [6, 6.07) is 8.24. The van der Waals surface area contributed by atoms with Crippen LogP contribution in [0.15, 0.2) is 24.3 Å². The molecule has 7 heteroatoms. The molecule has 1 aromatic carbocycles. The molecule has 6 nitrogen and oxygen atoms in total. The van der Waals surface area contributed by atoms with Crippen molar-refractivity contribution in [2.24, 2.45) is 5.92 Å². The lowest BCUT2D eigenvalue weighted by Gasteiger charge is -2.31. The number of nitrogens with zero attached hydrogens (tertiary/aromatic N) is 3. The molecule has 1 atom stereocenters. The molecule has 146 valence electrons. The number of rotatable bonds is 7. The van der Waals surface area contributed by atoms with Gasteiger partial charge in [-0.1, -0.05) is 19.1 Å². The molecule has 1 N–H and O–H groups in total. The fourth-order valence-corrected chi connectivity index (χ4v) is 3.94. The van der Waals surface area contributed by atoms with Crippen molar-refractivity contribution in [1.29, 1.82) is 0 Å². The molecule has 1 saturated heterocycles. The number of amides is 1. The van der Waals surface area contributed by atoms with Gasteiger partial charge < -0.3 is 15.0 Å². The van der Waals surface area contributed by atoms with Crippen LogP contribution in [-0.2, 0) is 11.2 Å². The van der Waals surface area contributed by atoms with E-state index in [1.165, 1.54) is 11.5 Å². The number of carbonyl (C=O) groups excluding carboxylic acids is 1. The van der Waals surface area contributed by atoms with Crippen molar-refractivity contribution in [1.82, 2.24) is 14.7 Å². The van der Waals surface area contributed by atoms with Crippen LogP contribution in [0, 0.1) is 5.92 Å². The van der Waals surface area contributed by atoms with E-state index in [0.717, 1.165) is 54.6 Å². The van der Waals surface area contributed by atoms with E-state index in [1.54, 1.807) is 7.11 Å². The predicted octanol–water partition coefficient (Wildman–Crippen LogP) is 3.27. The van der Waals surface area contributed by atoms with Crippen molar-refractivity contribution >= 4 is 22.6 Å². The topological polar surface area (TPSA) is 67.4 Å². The third-order valence-electron chi connectivity index (χ3n) is 5.09. The number of piperidine rings is 1. The fourth-order valence-electron chi connectivity index (χ4n) is 3.21. The van der Waals surface area contributed by atoms with Crippen LogP contribution in [-0.4, -0.2) is 41.5 Å². The van der Waals surface area contributed by atoms with Crippen molar-refractivity contribution < 1.29 is 9.53 Å². The minimum atomic E-state index is 0.111. The summed E-state index contributed by atoms with van der Waals surface area (Å²) in [6.45, 7) is 5.85. The van der Waals surface area contributed by atoms with E-state index in [0.29, 0.717) is 6.42 Å². The maximum absolute atomic E-state index is 12.3. The molecule has 0 bridgehead atoms. The molecule has 1 aromatic heterocycles. The van der Waals surface area contributed by atoms with Crippen LogP contribution in [0.2, 0.25) is 0 Å². The lowest BCUT2D eigenvalue weighted by atomic mass is 9.96. The van der Waals surface area contributed by atoms with Gasteiger partial charge in [-0.15, -0.1) is 0 Å². The summed E-state index contributed by atoms with van der Waals surface area (Å²) in [6.07, 6.45) is 3.40. The molecule has 1 unspecified atom stereocenters. The first-order valence-corrected chi connectivity index (χ1v) is 10.4. The first-order chi connectivity index (χ1) is 13.1. The van der Waals surface area contributed by atoms with E-state index in [-0.39, 0.29) is 17.9 Å². The van der Waals surface area contributed by atoms with E-state index in [1.807, 2.05) is 18.2 Å². The smallest absolute Gasteiger partial charge is 0.223 e. The van der Waals surface area contributed by atoms with Gasteiger partial charge in [0.2, 0.25) is 11.0 Å². The van der Waals surface area contributed by atoms with Gasteiger partial charge in [-0.3, -0.25) is 4.79 Å². The van der Waals surface area contributed by atoms with Crippen molar-refractivity contribution in [2.45, 2.75) is 45.6 Å². The maximum Gasteiger partial charge on any atom is 0.223 e. The van der Waals surface area contributed by atoms with Crippen LogP contribution in [0.1, 0.15) is 44.5 Å². The number of methoxy groups -OCH3 is 1. The average molecular weight is 389 g/mol. The Bertz CT molecular complexity index is 756. The molecular formula is C20H28N4O2S. The largest absolute Gasteiger partial charge is 0.497 e. The van der Waals surface area contributed by atoms with Gasteiger partial charge in [0, 0.05) is 43.0 Å². The van der Waals surface area contributed by atoms with Gasteiger partial charge >= 0.3 is 0 Å². The average Bonchev–Trinajstić information content (AvgIpc) is 3.16. The number of anilines is 1. The van der Waals surface area contributed by atoms with Gasteiger partial charge in [-0.05, 0) is 43.9 Å². The number of ether oxygens (including phenoxy) is 1. The normalized spacial score (nSPS) is 16.2. The van der Waals surface area contributed by atoms with E-state index >= 15 is 0 Å². The number of hydrogen-bond donors (Lipinski definition) is 1. The quantitative estimate of drug-likeness (QED) is 0.788. The molecule has 0 spiro atoms. The van der Waals surface area contributed by atoms with Gasteiger partial charge in [-0.25, -0.2) is 4.98 Å². The van der Waals surface area contributed by atoms with Crippen molar-refractivity contribution in [3.63, 3.8) is 0 Å². The predicted molar refractivity (Wildman–Crippen MR) is 109 cm³/mol. The Morgan fingerprint density at radius 2 is 2.19 bits per heavy atom. The summed E-state index contributed by atoms with van der Waals surface area (Å²) >= 11 is 1.44. The van der Waals surface area contributed by atoms with Gasteiger partial charge in [0.05, 0.1) is 7.11 Å². The van der Waals surface area contributed by atoms with E-state index < -0.39 is 0 Å². The second kappa shape index (κ2) is 9.17. The van der Waals surface area contributed by atoms with Crippen LogP contribution in [0.3, 0.4) is 0 Å². The number of aromatic nitrogens is 2. The summed E-state index contributed by atoms with van der Waals surface area (Å²) < 4.78 is 9.79. The van der Waals surface area contributed by atoms with Gasteiger partial charge in [-0.2, -0.15) is 4.37 Å². The second-order valence-electron chi connectivity index (χ2n) is 7.10. The molecule has 0 saturated carbocycles. The van der Waals surface area contributed by atoms with Crippen LogP contribution in [0.5, 0.6) is 5.75 Å². The molecule has 3 rings (SSSR count). The van der Waals surface area contributed by atoms with Crippen molar-refractivity contribution in [3.8, 4) is 5.75 Å². The van der Waals surface area contributed by atoms with E-state index in [2.05, 4.69) is 34.5 Å². The summed E-state index contributed by atoms with van der Waals surface area (Å²) in [5, 5.41) is 4.05. The van der Waals surface area contributed by atoms with Crippen LogP contribution >= 0.6 is 11.5 Å². The Kier molecular flexibility index (Phi) is 6.66. The number of nitrogens with one attached hydrogen (secondary N) is 1. The lowest BCUT2D eigenvalue weighted by molar-refractivity contribution is -0.126. The van der Waals surface area contributed by atoms with Gasteiger partial charge in [0.15, 0.2) is 0 Å². The summed E-state index contributed by atoms with van der Waals surface area (Å²) in [7, 11) is 1.67. The highest BCUT2D eigenvalue weighted by Crippen LogP contribution is 2.26. The third kappa shape index (κ3) is 5.19. The molecule has 0 aliphatic carbocycles. The molecule has 1 amide bonds. The zero-order valence-corrected chi connectivity index (χ0v) is 17.1. The highest BCUT2D eigenvalue weighted by molar-refractivity contribution is 7.09. The van der Waals surface area contributed by atoms with Gasteiger partial charge in [0.25, 0.3) is 0 Å². The first kappa shape index (κ1) is 19.6. The SMILES string of the molecule is CCC(C)NC(=O)C1CCN(c2nc(Cc3cccc(OC)c3)ns2)CC1. The highest BCUT2D eigenvalue weighted by atomic mass is 32.1. The number of benzene rings is 1. The highest BCUT2D eigenvalue weighted by Gasteiger charge is 2.27. The summed E-state index contributed by atoms with van der Waals surface area (Å²) in [5.74, 6) is 1.99. The second-order valence-corrected chi connectivity index (χ2v) is 7.83. The number of carbonyl (C=O) groups is 1. The Balaban J connectivity index is 1.54. The van der Waals surface area contributed by atoms with Crippen LogP contribution < -0.4 is 15.0 Å². The Morgan fingerprint density at radius 1 is 1.41 bits per heavy atom. The standard InChI is InChI=1S/C20H28N4O2S/c1-4-14(2)21-19(25)16-8-10-24(11-9-16)20-22-18(23-27-20)13-15-6-5-7-17(12-15)26-3/h5-7,12,14,16H,4,8-11,13H2,1-3H3,(H,21,25). The molecule has 1 aliphatic rings. The zero-order chi connectivity index (χ0) is 19.2. The Labute approximate surface area is 165 Å².